The van der Waals surface area contributed by atoms with Crippen LogP contribution in [0.15, 0.2) is 42.2 Å². The van der Waals surface area contributed by atoms with Crippen LogP contribution < -0.4 is 0 Å². The molecule has 0 unspecified atom stereocenters. The van der Waals surface area contributed by atoms with Crippen molar-refractivity contribution in [3.05, 3.63) is 47.7 Å². The van der Waals surface area contributed by atoms with Crippen molar-refractivity contribution in [2.24, 2.45) is 0 Å². The molecule has 0 bridgehead atoms. The zero-order valence-corrected chi connectivity index (χ0v) is 6.86. The first kappa shape index (κ1) is 7.71. The molecule has 0 heterocycles. The van der Waals surface area contributed by atoms with E-state index in [4.69, 9.17) is 5.11 Å². The van der Waals surface area contributed by atoms with E-state index >= 15 is 0 Å². The minimum absolute atomic E-state index is 0.102. The third-order valence-electron chi connectivity index (χ3n) is 1.88. The van der Waals surface area contributed by atoms with Gasteiger partial charge in [-0.3, -0.25) is 0 Å². The van der Waals surface area contributed by atoms with Crippen LogP contribution >= 0.6 is 0 Å². The third kappa shape index (κ3) is 1.35. The van der Waals surface area contributed by atoms with Crippen molar-refractivity contribution < 1.29 is 10.2 Å². The lowest BCUT2D eigenvalue weighted by Crippen LogP contribution is -1.78. The lowest BCUT2D eigenvalue weighted by molar-refractivity contribution is 0.403. The van der Waals surface area contributed by atoms with Gasteiger partial charge in [-0.2, -0.15) is 0 Å². The first-order chi connectivity index (χ1) is 6.27. The predicted molar refractivity (Wildman–Crippen MR) is 50.4 cm³/mol. The van der Waals surface area contributed by atoms with E-state index < -0.39 is 0 Å². The number of allylic oxidation sites excluding steroid dienone is 3. The summed E-state index contributed by atoms with van der Waals surface area (Å²) in [5.41, 5.74) is 4.77. The standard InChI is InChI=1S/C11H8O2/c12-10-6-5-9(7-11(10)13)8-3-1-2-4-8/h1-3,5-7,12-13H. The molecule has 0 aromatic heterocycles. The first-order valence-corrected chi connectivity index (χ1v) is 3.93. The summed E-state index contributed by atoms with van der Waals surface area (Å²) in [7, 11) is 0. The fraction of sp³-hybridized carbons (Fsp3) is 0. The average molecular weight is 172 g/mol. The van der Waals surface area contributed by atoms with E-state index in [9.17, 15) is 5.11 Å². The van der Waals surface area contributed by atoms with Gasteiger partial charge in [0.1, 0.15) is 0 Å². The molecule has 0 radical (unpaired) electrons. The number of rotatable bonds is 1. The van der Waals surface area contributed by atoms with Gasteiger partial charge in [0, 0.05) is 5.57 Å². The lowest BCUT2D eigenvalue weighted by atomic mass is 10.1. The molecule has 0 spiro atoms. The van der Waals surface area contributed by atoms with Crippen LogP contribution in [-0.4, -0.2) is 10.2 Å². The molecule has 1 aromatic carbocycles. The zero-order valence-electron chi connectivity index (χ0n) is 6.86. The summed E-state index contributed by atoms with van der Waals surface area (Å²) >= 11 is 0. The molecule has 2 nitrogen and oxygen atoms in total. The van der Waals surface area contributed by atoms with Crippen LogP contribution in [0.5, 0.6) is 11.5 Å². The number of aromatic hydroxyl groups is 2. The largest absolute Gasteiger partial charge is 0.504 e. The number of hydrogen-bond acceptors (Lipinski definition) is 2. The highest BCUT2D eigenvalue weighted by atomic mass is 16.3. The molecule has 13 heavy (non-hydrogen) atoms. The Balaban J connectivity index is 2.49. The molecule has 64 valence electrons. The highest BCUT2D eigenvalue weighted by Crippen LogP contribution is 2.28. The van der Waals surface area contributed by atoms with E-state index in [1.54, 1.807) is 12.1 Å². The van der Waals surface area contributed by atoms with E-state index in [-0.39, 0.29) is 11.5 Å². The van der Waals surface area contributed by atoms with Crippen molar-refractivity contribution in [1.82, 2.24) is 0 Å². The topological polar surface area (TPSA) is 40.5 Å². The van der Waals surface area contributed by atoms with E-state index in [0.29, 0.717) is 0 Å². The second-order valence-corrected chi connectivity index (χ2v) is 2.79. The van der Waals surface area contributed by atoms with Gasteiger partial charge in [0.25, 0.3) is 0 Å². The second kappa shape index (κ2) is 2.85. The summed E-state index contributed by atoms with van der Waals surface area (Å²) in [4.78, 5) is 0. The van der Waals surface area contributed by atoms with E-state index in [2.05, 4.69) is 5.73 Å². The van der Waals surface area contributed by atoms with Crippen LogP contribution in [0, 0.1) is 0 Å². The summed E-state index contributed by atoms with van der Waals surface area (Å²) in [5.74, 6) is -0.206. The van der Waals surface area contributed by atoms with Gasteiger partial charge in [0.2, 0.25) is 0 Å². The summed E-state index contributed by atoms with van der Waals surface area (Å²) < 4.78 is 0. The highest BCUT2D eigenvalue weighted by molar-refractivity contribution is 5.77. The summed E-state index contributed by atoms with van der Waals surface area (Å²) in [5, 5.41) is 18.3. The Bertz CT molecular complexity index is 435. The molecule has 0 atom stereocenters. The highest BCUT2D eigenvalue weighted by Gasteiger charge is 2.03. The maximum absolute atomic E-state index is 9.24. The summed E-state index contributed by atoms with van der Waals surface area (Å²) in [6, 6.07) is 4.72. The molecule has 0 fully saturated rings. The molecule has 2 N–H and O–H groups in total. The van der Waals surface area contributed by atoms with Crippen LogP contribution in [0.3, 0.4) is 0 Å². The zero-order chi connectivity index (χ0) is 9.26. The molecule has 0 amide bonds. The van der Waals surface area contributed by atoms with Gasteiger partial charge in [-0.15, -0.1) is 5.73 Å². The molecular formula is C11H8O2. The normalized spacial score (nSPS) is 13.4. The fourth-order valence-corrected chi connectivity index (χ4v) is 1.20. The van der Waals surface area contributed by atoms with Crippen molar-refractivity contribution in [2.45, 2.75) is 0 Å². The maximum atomic E-state index is 9.24. The monoisotopic (exact) mass is 172 g/mol. The summed E-state index contributed by atoms with van der Waals surface area (Å²) in [6.07, 6.45) is 5.57. The van der Waals surface area contributed by atoms with Gasteiger partial charge in [-0.1, -0.05) is 6.08 Å². The minimum Gasteiger partial charge on any atom is -0.504 e. The maximum Gasteiger partial charge on any atom is 0.158 e. The number of phenolic OH excluding ortho intramolecular Hbond substituents is 2. The van der Waals surface area contributed by atoms with Gasteiger partial charge < -0.3 is 10.2 Å². The first-order valence-electron chi connectivity index (χ1n) is 3.93. The number of benzene rings is 1. The Morgan fingerprint density at radius 3 is 2.54 bits per heavy atom. The minimum atomic E-state index is -0.105. The number of hydrogen-bond donors (Lipinski definition) is 2. The van der Waals surface area contributed by atoms with E-state index in [1.807, 2.05) is 12.2 Å². The second-order valence-electron chi connectivity index (χ2n) is 2.79. The quantitative estimate of drug-likeness (QED) is 0.503. The smallest absolute Gasteiger partial charge is 0.158 e. The van der Waals surface area contributed by atoms with Crippen molar-refractivity contribution in [2.75, 3.05) is 0 Å². The molecule has 1 aromatic rings. The number of phenols is 2. The Kier molecular flexibility index (Phi) is 1.69. The Hall–Kier alpha value is -1.92. The Morgan fingerprint density at radius 1 is 1.08 bits per heavy atom. The van der Waals surface area contributed by atoms with Gasteiger partial charge in [-0.05, 0) is 35.9 Å². The van der Waals surface area contributed by atoms with Crippen LogP contribution in [-0.2, 0) is 0 Å². The van der Waals surface area contributed by atoms with Crippen LogP contribution in [0.2, 0.25) is 0 Å². The van der Waals surface area contributed by atoms with Gasteiger partial charge in [0.05, 0.1) is 0 Å². The molecule has 1 aliphatic rings. The molecule has 0 aliphatic heterocycles. The van der Waals surface area contributed by atoms with Gasteiger partial charge in [-0.25, -0.2) is 0 Å². The van der Waals surface area contributed by atoms with Crippen LogP contribution in [0.1, 0.15) is 5.56 Å². The fourth-order valence-electron chi connectivity index (χ4n) is 1.20. The lowest BCUT2D eigenvalue weighted by Gasteiger charge is -2.01. The molecule has 1 aliphatic carbocycles. The molecular weight excluding hydrogens is 164 g/mol. The van der Waals surface area contributed by atoms with Crippen molar-refractivity contribution in [3.63, 3.8) is 0 Å². The SMILES string of the molecule is Oc1ccc(C2=C=CC=C2)cc1O. The predicted octanol–water partition coefficient (Wildman–Crippen LogP) is 2.21. The summed E-state index contributed by atoms with van der Waals surface area (Å²) in [6.45, 7) is 0. The van der Waals surface area contributed by atoms with Crippen LogP contribution in [0.25, 0.3) is 5.57 Å². The third-order valence-corrected chi connectivity index (χ3v) is 1.88. The van der Waals surface area contributed by atoms with Gasteiger partial charge in [0.15, 0.2) is 11.5 Å². The van der Waals surface area contributed by atoms with Crippen molar-refractivity contribution >= 4 is 5.57 Å². The Labute approximate surface area is 75.8 Å². The van der Waals surface area contributed by atoms with E-state index in [0.717, 1.165) is 11.1 Å². The molecule has 0 saturated carbocycles. The van der Waals surface area contributed by atoms with Gasteiger partial charge >= 0.3 is 0 Å². The molecule has 2 heteroatoms. The van der Waals surface area contributed by atoms with E-state index in [1.165, 1.54) is 12.1 Å². The molecule has 2 rings (SSSR count). The Morgan fingerprint density at radius 2 is 1.92 bits per heavy atom. The van der Waals surface area contributed by atoms with Crippen LogP contribution in [0.4, 0.5) is 0 Å². The van der Waals surface area contributed by atoms with Crippen molar-refractivity contribution in [1.29, 1.82) is 0 Å². The van der Waals surface area contributed by atoms with Crippen molar-refractivity contribution in [3.8, 4) is 11.5 Å². The molecule has 0 saturated heterocycles. The average Bonchev–Trinajstić information content (AvgIpc) is 2.62.